The number of nitrogens with one attached hydrogen (secondary N) is 1. The van der Waals surface area contributed by atoms with Gasteiger partial charge in [0.2, 0.25) is 0 Å². The molecule has 1 aromatic carbocycles. The molecule has 0 unspecified atom stereocenters. The van der Waals surface area contributed by atoms with Gasteiger partial charge in [0.25, 0.3) is 0 Å². The second kappa shape index (κ2) is 5.26. The van der Waals surface area contributed by atoms with E-state index in [0.717, 1.165) is 16.8 Å². The maximum atomic E-state index is 9.31. The average Bonchev–Trinajstić information content (AvgIpc) is 2.29. The Morgan fingerprint density at radius 1 is 1.38 bits per heavy atom. The van der Waals surface area contributed by atoms with Crippen molar-refractivity contribution in [3.8, 4) is 11.5 Å². The topological polar surface area (TPSA) is 52.5 Å². The second-order valence-electron chi connectivity index (χ2n) is 3.63. The molecule has 0 saturated heterocycles. The lowest BCUT2D eigenvalue weighted by molar-refractivity contribution is 0.403. The van der Waals surface area contributed by atoms with E-state index in [1.165, 1.54) is 12.1 Å². The Morgan fingerprint density at radius 2 is 2.06 bits per heavy atom. The standard InChI is InChI=1S/C13H17NO2/c1-4-9(2)10(3)14-8-11-5-6-12(15)13(16)7-11/h4-7,14-16H,3,8H2,1-2H3/b9-4+. The van der Waals surface area contributed by atoms with Gasteiger partial charge in [-0.15, -0.1) is 0 Å². The highest BCUT2D eigenvalue weighted by atomic mass is 16.3. The first-order valence-electron chi connectivity index (χ1n) is 5.11. The van der Waals surface area contributed by atoms with E-state index >= 15 is 0 Å². The summed E-state index contributed by atoms with van der Waals surface area (Å²) in [6.07, 6.45) is 1.98. The van der Waals surface area contributed by atoms with Crippen molar-refractivity contribution in [2.45, 2.75) is 20.4 Å². The quantitative estimate of drug-likeness (QED) is 0.539. The van der Waals surface area contributed by atoms with Gasteiger partial charge in [-0.3, -0.25) is 0 Å². The van der Waals surface area contributed by atoms with Gasteiger partial charge < -0.3 is 15.5 Å². The molecule has 0 aliphatic carbocycles. The van der Waals surface area contributed by atoms with Crippen molar-refractivity contribution in [1.82, 2.24) is 5.32 Å². The summed E-state index contributed by atoms with van der Waals surface area (Å²) >= 11 is 0. The van der Waals surface area contributed by atoms with Crippen LogP contribution in [0, 0.1) is 0 Å². The van der Waals surface area contributed by atoms with Gasteiger partial charge >= 0.3 is 0 Å². The van der Waals surface area contributed by atoms with Crippen molar-refractivity contribution in [3.63, 3.8) is 0 Å². The number of rotatable bonds is 4. The molecule has 1 aromatic rings. The van der Waals surface area contributed by atoms with Gasteiger partial charge in [-0.25, -0.2) is 0 Å². The Bertz CT molecular complexity index is 422. The highest BCUT2D eigenvalue weighted by Gasteiger charge is 2.01. The summed E-state index contributed by atoms with van der Waals surface area (Å²) in [5.41, 5.74) is 2.83. The van der Waals surface area contributed by atoms with E-state index in [1.54, 1.807) is 6.07 Å². The average molecular weight is 219 g/mol. The third-order valence-electron chi connectivity index (χ3n) is 2.45. The first kappa shape index (κ1) is 12.2. The first-order chi connectivity index (χ1) is 7.54. The van der Waals surface area contributed by atoms with Crippen LogP contribution >= 0.6 is 0 Å². The number of phenols is 2. The number of allylic oxidation sites excluding steroid dienone is 2. The van der Waals surface area contributed by atoms with Crippen LogP contribution in [0.3, 0.4) is 0 Å². The normalized spacial score (nSPS) is 11.2. The minimum atomic E-state index is -0.104. The van der Waals surface area contributed by atoms with Gasteiger partial charge in [0.1, 0.15) is 0 Å². The van der Waals surface area contributed by atoms with Crippen molar-refractivity contribution in [3.05, 3.63) is 47.7 Å². The molecule has 0 aliphatic heterocycles. The van der Waals surface area contributed by atoms with Crippen molar-refractivity contribution in [1.29, 1.82) is 0 Å². The highest BCUT2D eigenvalue weighted by molar-refractivity contribution is 5.40. The Balaban J connectivity index is 2.62. The summed E-state index contributed by atoms with van der Waals surface area (Å²) in [6.45, 7) is 8.39. The van der Waals surface area contributed by atoms with Crippen molar-refractivity contribution in [2.75, 3.05) is 0 Å². The summed E-state index contributed by atoms with van der Waals surface area (Å²) < 4.78 is 0. The molecule has 3 heteroatoms. The monoisotopic (exact) mass is 219 g/mol. The summed E-state index contributed by atoms with van der Waals surface area (Å²) in [5.74, 6) is -0.208. The number of aromatic hydroxyl groups is 2. The molecular formula is C13H17NO2. The number of phenolic OH excluding ortho intramolecular Hbond substituents is 2. The lowest BCUT2D eigenvalue weighted by Crippen LogP contribution is -2.12. The van der Waals surface area contributed by atoms with Crippen LogP contribution in [0.5, 0.6) is 11.5 Å². The van der Waals surface area contributed by atoms with Crippen molar-refractivity contribution >= 4 is 0 Å². The van der Waals surface area contributed by atoms with Crippen LogP contribution in [0.2, 0.25) is 0 Å². The predicted octanol–water partition coefficient (Wildman–Crippen LogP) is 2.67. The minimum absolute atomic E-state index is 0.104. The van der Waals surface area contributed by atoms with E-state index in [-0.39, 0.29) is 11.5 Å². The van der Waals surface area contributed by atoms with Gasteiger partial charge in [0.15, 0.2) is 11.5 Å². The molecule has 0 spiro atoms. The van der Waals surface area contributed by atoms with E-state index in [2.05, 4.69) is 11.9 Å². The van der Waals surface area contributed by atoms with Gasteiger partial charge in [-0.1, -0.05) is 18.7 Å². The molecule has 0 radical (unpaired) electrons. The molecule has 0 fully saturated rings. The van der Waals surface area contributed by atoms with Crippen LogP contribution in [0.15, 0.2) is 42.1 Å². The van der Waals surface area contributed by atoms with Crippen LogP contribution in [-0.4, -0.2) is 10.2 Å². The molecule has 0 saturated carbocycles. The highest BCUT2D eigenvalue weighted by Crippen LogP contribution is 2.24. The lowest BCUT2D eigenvalue weighted by Gasteiger charge is -2.10. The zero-order valence-corrected chi connectivity index (χ0v) is 9.62. The number of hydrogen-bond donors (Lipinski definition) is 3. The third-order valence-corrected chi connectivity index (χ3v) is 2.45. The van der Waals surface area contributed by atoms with E-state index in [0.29, 0.717) is 6.54 Å². The van der Waals surface area contributed by atoms with E-state index in [9.17, 15) is 5.11 Å². The SMILES string of the molecule is C=C(NCc1ccc(O)c(O)c1)/C(C)=C/C. The van der Waals surface area contributed by atoms with E-state index < -0.39 is 0 Å². The Morgan fingerprint density at radius 3 is 2.62 bits per heavy atom. The zero-order chi connectivity index (χ0) is 12.1. The molecule has 0 heterocycles. The fourth-order valence-electron chi connectivity index (χ4n) is 1.20. The van der Waals surface area contributed by atoms with E-state index in [4.69, 9.17) is 5.11 Å². The fraction of sp³-hybridized carbons (Fsp3) is 0.231. The van der Waals surface area contributed by atoms with Crippen LogP contribution in [0.1, 0.15) is 19.4 Å². The minimum Gasteiger partial charge on any atom is -0.504 e. The van der Waals surface area contributed by atoms with Gasteiger partial charge in [0.05, 0.1) is 0 Å². The first-order valence-corrected chi connectivity index (χ1v) is 5.11. The molecule has 86 valence electrons. The summed E-state index contributed by atoms with van der Waals surface area (Å²) in [5, 5.41) is 21.6. The molecule has 0 aliphatic rings. The Labute approximate surface area is 95.7 Å². The summed E-state index contributed by atoms with van der Waals surface area (Å²) in [4.78, 5) is 0. The van der Waals surface area contributed by atoms with Crippen LogP contribution in [-0.2, 0) is 6.54 Å². The number of benzene rings is 1. The molecule has 0 aromatic heterocycles. The van der Waals surface area contributed by atoms with Crippen LogP contribution in [0.4, 0.5) is 0 Å². The Kier molecular flexibility index (Phi) is 4.00. The summed E-state index contributed by atoms with van der Waals surface area (Å²) in [7, 11) is 0. The van der Waals surface area contributed by atoms with Crippen LogP contribution < -0.4 is 5.32 Å². The van der Waals surface area contributed by atoms with Gasteiger partial charge in [-0.05, 0) is 37.1 Å². The molecule has 16 heavy (non-hydrogen) atoms. The van der Waals surface area contributed by atoms with Crippen LogP contribution in [0.25, 0.3) is 0 Å². The second-order valence-corrected chi connectivity index (χ2v) is 3.63. The Hall–Kier alpha value is -1.90. The largest absolute Gasteiger partial charge is 0.504 e. The third kappa shape index (κ3) is 3.05. The number of hydrogen-bond acceptors (Lipinski definition) is 3. The summed E-state index contributed by atoms with van der Waals surface area (Å²) in [6, 6.07) is 4.75. The van der Waals surface area contributed by atoms with Gasteiger partial charge in [-0.2, -0.15) is 0 Å². The van der Waals surface area contributed by atoms with E-state index in [1.807, 2.05) is 19.9 Å². The molecule has 0 atom stereocenters. The maximum Gasteiger partial charge on any atom is 0.157 e. The smallest absolute Gasteiger partial charge is 0.157 e. The van der Waals surface area contributed by atoms with Crippen molar-refractivity contribution < 1.29 is 10.2 Å². The lowest BCUT2D eigenvalue weighted by atomic mass is 10.2. The maximum absolute atomic E-state index is 9.31. The zero-order valence-electron chi connectivity index (χ0n) is 9.62. The van der Waals surface area contributed by atoms with Crippen molar-refractivity contribution in [2.24, 2.45) is 0 Å². The molecule has 1 rings (SSSR count). The molecule has 3 N–H and O–H groups in total. The molecule has 0 amide bonds. The predicted molar refractivity (Wildman–Crippen MR) is 65.2 cm³/mol. The van der Waals surface area contributed by atoms with Gasteiger partial charge in [0, 0.05) is 12.2 Å². The molecular weight excluding hydrogens is 202 g/mol. The molecule has 3 nitrogen and oxygen atoms in total. The fourth-order valence-corrected chi connectivity index (χ4v) is 1.20. The molecule has 0 bridgehead atoms.